The Morgan fingerprint density at radius 1 is 0.750 bits per heavy atom. The average molecular weight is 332 g/mol. The van der Waals surface area contributed by atoms with Gasteiger partial charge in [0.2, 0.25) is 0 Å². The summed E-state index contributed by atoms with van der Waals surface area (Å²) in [5.41, 5.74) is -10.2. The van der Waals surface area contributed by atoms with E-state index in [0.29, 0.717) is 0 Å². The summed E-state index contributed by atoms with van der Waals surface area (Å²) in [4.78, 5) is -1.32. The number of alkyl halides is 9. The van der Waals surface area contributed by atoms with E-state index < -0.39 is 51.5 Å². The van der Waals surface area contributed by atoms with Crippen LogP contribution in [0.3, 0.4) is 0 Å². The largest absolute Gasteiger partial charge is 0.446 e. The minimum Gasteiger partial charge on any atom is -0.206 e. The summed E-state index contributed by atoms with van der Waals surface area (Å²) in [6.45, 7) is 0. The summed E-state index contributed by atoms with van der Waals surface area (Å²) in [6, 6.07) is -0.625. The normalized spacial score (nSPS) is 13.7. The summed E-state index contributed by atoms with van der Waals surface area (Å²) in [6.07, 6.45) is -11.3. The molecule has 0 aromatic heterocycles. The van der Waals surface area contributed by atoms with Gasteiger partial charge in [0.25, 0.3) is 0 Å². The lowest BCUT2D eigenvalue weighted by Gasteiger charge is -2.17. The van der Waals surface area contributed by atoms with Crippen LogP contribution in [-0.4, -0.2) is 5.51 Å². The predicted molar refractivity (Wildman–Crippen MR) is 48.3 cm³/mol. The Balaban J connectivity index is 3.50. The van der Waals surface area contributed by atoms with Crippen molar-refractivity contribution in [3.8, 4) is 0 Å². The molecule has 11 heteroatoms. The highest BCUT2D eigenvalue weighted by Crippen LogP contribution is 2.45. The van der Waals surface area contributed by atoms with Crippen molar-refractivity contribution in [3.05, 3.63) is 29.1 Å². The first-order valence-corrected chi connectivity index (χ1v) is 5.27. The first-order valence-electron chi connectivity index (χ1n) is 4.45. The third kappa shape index (κ3) is 4.18. The SMILES string of the molecule is Fc1cc(SC(F)(F)F)cc(C(F)(F)F)c1C(F)(F)F. The van der Waals surface area contributed by atoms with Gasteiger partial charge in [-0.15, -0.1) is 0 Å². The van der Waals surface area contributed by atoms with E-state index in [1.165, 1.54) is 0 Å². The monoisotopic (exact) mass is 332 g/mol. The van der Waals surface area contributed by atoms with Crippen molar-refractivity contribution < 1.29 is 43.9 Å². The molecule has 0 nitrogen and oxygen atoms in total. The van der Waals surface area contributed by atoms with Gasteiger partial charge >= 0.3 is 17.9 Å². The van der Waals surface area contributed by atoms with Crippen LogP contribution in [0.2, 0.25) is 0 Å². The standard InChI is InChI=1S/C9H2F10S/c10-5-2-3(20-9(17,18)19)1-4(7(11,12)13)6(5)8(14,15)16/h1-2H. The Hall–Kier alpha value is -1.13. The van der Waals surface area contributed by atoms with Crippen LogP contribution in [0.1, 0.15) is 11.1 Å². The minimum atomic E-state index is -5.68. The van der Waals surface area contributed by atoms with E-state index in [4.69, 9.17) is 0 Å². The number of halogens is 10. The zero-order valence-corrected chi connectivity index (χ0v) is 9.66. The first kappa shape index (κ1) is 16.9. The Bertz CT molecular complexity index is 495. The van der Waals surface area contributed by atoms with Crippen LogP contribution in [-0.2, 0) is 12.4 Å². The van der Waals surface area contributed by atoms with Gasteiger partial charge in [-0.3, -0.25) is 0 Å². The molecule has 0 bridgehead atoms. The maximum atomic E-state index is 13.1. The molecule has 0 aliphatic heterocycles. The Kier molecular flexibility index (Phi) is 4.24. The van der Waals surface area contributed by atoms with E-state index in [0.717, 1.165) is 0 Å². The highest BCUT2D eigenvalue weighted by atomic mass is 32.2. The molecular formula is C9H2F10S. The van der Waals surface area contributed by atoms with Gasteiger partial charge < -0.3 is 0 Å². The Morgan fingerprint density at radius 2 is 1.25 bits per heavy atom. The van der Waals surface area contributed by atoms with Crippen LogP contribution in [0.5, 0.6) is 0 Å². The molecule has 1 aromatic carbocycles. The second-order valence-electron chi connectivity index (χ2n) is 3.37. The van der Waals surface area contributed by atoms with Crippen molar-refractivity contribution in [3.63, 3.8) is 0 Å². The fourth-order valence-electron chi connectivity index (χ4n) is 1.29. The van der Waals surface area contributed by atoms with E-state index >= 15 is 0 Å². The number of hydrogen-bond acceptors (Lipinski definition) is 1. The molecule has 1 rings (SSSR count). The predicted octanol–water partition coefficient (Wildman–Crippen LogP) is 5.48. The minimum absolute atomic E-state index is 0.240. The number of thioether (sulfide) groups is 1. The van der Waals surface area contributed by atoms with Crippen LogP contribution in [0, 0.1) is 5.82 Å². The van der Waals surface area contributed by atoms with Crippen molar-refractivity contribution in [1.82, 2.24) is 0 Å². The lowest BCUT2D eigenvalue weighted by molar-refractivity contribution is -0.164. The van der Waals surface area contributed by atoms with Gasteiger partial charge in [0.05, 0.1) is 5.56 Å². The quantitative estimate of drug-likeness (QED) is 0.485. The van der Waals surface area contributed by atoms with Crippen molar-refractivity contribution in [2.45, 2.75) is 22.8 Å². The van der Waals surface area contributed by atoms with Gasteiger partial charge in [-0.1, -0.05) is 0 Å². The van der Waals surface area contributed by atoms with E-state index in [1.54, 1.807) is 0 Å². The third-order valence-electron chi connectivity index (χ3n) is 1.89. The lowest BCUT2D eigenvalue weighted by Crippen LogP contribution is -2.19. The molecule has 0 amide bonds. The van der Waals surface area contributed by atoms with Crippen molar-refractivity contribution in [2.75, 3.05) is 0 Å². The second kappa shape index (κ2) is 5.01. The number of benzene rings is 1. The fraction of sp³-hybridized carbons (Fsp3) is 0.333. The third-order valence-corrected chi connectivity index (χ3v) is 2.59. The smallest absolute Gasteiger partial charge is 0.206 e. The van der Waals surface area contributed by atoms with E-state index in [9.17, 15) is 43.9 Å². The summed E-state index contributed by atoms with van der Waals surface area (Å²) >= 11 is -1.14. The lowest BCUT2D eigenvalue weighted by atomic mass is 10.1. The zero-order valence-electron chi connectivity index (χ0n) is 8.84. The number of rotatable bonds is 1. The topological polar surface area (TPSA) is 0 Å². The van der Waals surface area contributed by atoms with Crippen LogP contribution >= 0.6 is 11.8 Å². The molecule has 0 N–H and O–H groups in total. The number of hydrogen-bond donors (Lipinski definition) is 0. The van der Waals surface area contributed by atoms with Crippen LogP contribution < -0.4 is 0 Å². The molecule has 0 fully saturated rings. The van der Waals surface area contributed by atoms with Gasteiger partial charge in [-0.05, 0) is 23.9 Å². The molecule has 0 radical (unpaired) electrons. The average Bonchev–Trinajstić information content (AvgIpc) is 2.09. The highest BCUT2D eigenvalue weighted by Gasteiger charge is 2.46. The molecule has 114 valence electrons. The summed E-state index contributed by atoms with van der Waals surface area (Å²) in [7, 11) is 0. The molecule has 1 aromatic rings. The molecule has 0 aliphatic rings. The second-order valence-corrected chi connectivity index (χ2v) is 4.51. The molecular weight excluding hydrogens is 330 g/mol. The molecule has 20 heavy (non-hydrogen) atoms. The Labute approximate surface area is 108 Å². The van der Waals surface area contributed by atoms with E-state index in [1.807, 2.05) is 0 Å². The van der Waals surface area contributed by atoms with Crippen molar-refractivity contribution >= 4 is 11.8 Å². The molecule has 0 spiro atoms. The molecule has 0 saturated carbocycles. The van der Waals surface area contributed by atoms with Crippen LogP contribution in [0.25, 0.3) is 0 Å². The van der Waals surface area contributed by atoms with Crippen molar-refractivity contribution in [1.29, 1.82) is 0 Å². The van der Waals surface area contributed by atoms with E-state index in [-0.39, 0.29) is 12.1 Å². The van der Waals surface area contributed by atoms with Crippen molar-refractivity contribution in [2.24, 2.45) is 0 Å². The van der Waals surface area contributed by atoms with E-state index in [2.05, 4.69) is 0 Å². The van der Waals surface area contributed by atoms with Gasteiger partial charge in [0.1, 0.15) is 11.4 Å². The van der Waals surface area contributed by atoms with Gasteiger partial charge in [0, 0.05) is 4.90 Å². The molecule has 0 aliphatic carbocycles. The summed E-state index contributed by atoms with van der Waals surface area (Å²) in [5.74, 6) is -2.42. The van der Waals surface area contributed by atoms with Gasteiger partial charge in [-0.25, -0.2) is 4.39 Å². The van der Waals surface area contributed by atoms with Crippen LogP contribution in [0.4, 0.5) is 43.9 Å². The first-order chi connectivity index (χ1) is 8.72. The highest BCUT2D eigenvalue weighted by molar-refractivity contribution is 8.00. The maximum absolute atomic E-state index is 13.1. The molecule has 0 saturated heterocycles. The van der Waals surface area contributed by atoms with Gasteiger partial charge in [0.15, 0.2) is 0 Å². The summed E-state index contributed by atoms with van der Waals surface area (Å²) < 4.78 is 123. The Morgan fingerprint density at radius 3 is 1.60 bits per heavy atom. The summed E-state index contributed by atoms with van der Waals surface area (Å²) in [5, 5.41) is 0. The van der Waals surface area contributed by atoms with Crippen LogP contribution in [0.15, 0.2) is 17.0 Å². The molecule has 0 atom stereocenters. The zero-order chi connectivity index (χ0) is 15.9. The van der Waals surface area contributed by atoms with Gasteiger partial charge in [-0.2, -0.15) is 39.5 Å². The fourth-order valence-corrected chi connectivity index (χ4v) is 1.89. The molecule has 0 heterocycles. The maximum Gasteiger partial charge on any atom is 0.446 e. The molecule has 0 unspecified atom stereocenters.